The number of nitrogens with zero attached hydrogens (tertiary/aromatic N) is 2. The first kappa shape index (κ1) is 25.0. The molecule has 0 saturated carbocycles. The molecular weight excluding hydrogens is 478 g/mol. The summed E-state index contributed by atoms with van der Waals surface area (Å²) in [5.74, 6) is -1.65. The van der Waals surface area contributed by atoms with Crippen molar-refractivity contribution in [3.63, 3.8) is 0 Å². The molecule has 1 saturated heterocycles. The van der Waals surface area contributed by atoms with Crippen molar-refractivity contribution in [2.75, 3.05) is 37.6 Å². The van der Waals surface area contributed by atoms with Crippen molar-refractivity contribution in [2.45, 2.75) is 6.18 Å². The van der Waals surface area contributed by atoms with E-state index in [-0.39, 0.29) is 28.3 Å². The average Bonchev–Trinajstić information content (AvgIpc) is 2.86. The average molecular weight is 501 g/mol. The molecule has 0 atom stereocenters. The van der Waals surface area contributed by atoms with Crippen LogP contribution in [0.4, 0.5) is 23.2 Å². The summed E-state index contributed by atoms with van der Waals surface area (Å²) < 4.78 is 51.6. The first-order valence-electron chi connectivity index (χ1n) is 11.2. The third kappa shape index (κ3) is 5.94. The lowest BCUT2D eigenvalue weighted by molar-refractivity contribution is -0.123. The molecule has 1 aliphatic rings. The van der Waals surface area contributed by atoms with Crippen LogP contribution in [0.15, 0.2) is 66.7 Å². The number of aromatic hydroxyl groups is 1. The van der Waals surface area contributed by atoms with Crippen molar-refractivity contribution in [1.82, 2.24) is 10.2 Å². The summed E-state index contributed by atoms with van der Waals surface area (Å²) in [5.41, 5.74) is 1.90. The van der Waals surface area contributed by atoms with Crippen LogP contribution in [0.2, 0.25) is 0 Å². The second kappa shape index (κ2) is 10.3. The Morgan fingerprint density at radius 1 is 0.889 bits per heavy atom. The standard InChI is InChI=1S/C26H23F4N3O3/c27-23-15-19(6-9-22(23)18-2-1-3-21(34)14-18)25(36)33-12-10-32(11-13-33)20-7-4-17(5-8-20)24(35)31-16-26(28,29)30/h1-9,14-15,34H,10-13,16H2,(H,31,35). The van der Waals surface area contributed by atoms with Crippen LogP contribution < -0.4 is 10.2 Å². The summed E-state index contributed by atoms with van der Waals surface area (Å²) in [5, 5.41) is 11.5. The monoisotopic (exact) mass is 501 g/mol. The van der Waals surface area contributed by atoms with Gasteiger partial charge in [0.15, 0.2) is 0 Å². The predicted molar refractivity (Wildman–Crippen MR) is 126 cm³/mol. The van der Waals surface area contributed by atoms with Gasteiger partial charge < -0.3 is 20.2 Å². The minimum atomic E-state index is -4.48. The summed E-state index contributed by atoms with van der Waals surface area (Å²) in [6.07, 6.45) is -4.48. The van der Waals surface area contributed by atoms with E-state index in [1.165, 1.54) is 36.4 Å². The Hall–Kier alpha value is -4.08. The van der Waals surface area contributed by atoms with Crippen LogP contribution in [0.1, 0.15) is 20.7 Å². The van der Waals surface area contributed by atoms with Crippen molar-refractivity contribution >= 4 is 17.5 Å². The number of hydrogen-bond donors (Lipinski definition) is 2. The molecule has 3 aromatic carbocycles. The van der Waals surface area contributed by atoms with Crippen LogP contribution >= 0.6 is 0 Å². The topological polar surface area (TPSA) is 72.9 Å². The fraction of sp³-hybridized carbons (Fsp3) is 0.231. The molecule has 6 nitrogen and oxygen atoms in total. The van der Waals surface area contributed by atoms with E-state index < -0.39 is 24.4 Å². The fourth-order valence-electron chi connectivity index (χ4n) is 4.01. The highest BCUT2D eigenvalue weighted by Gasteiger charge is 2.28. The van der Waals surface area contributed by atoms with Crippen LogP contribution in [-0.2, 0) is 0 Å². The number of alkyl halides is 3. The molecule has 36 heavy (non-hydrogen) atoms. The number of piperazine rings is 1. The summed E-state index contributed by atoms with van der Waals surface area (Å²) in [6.45, 7) is 0.377. The van der Waals surface area contributed by atoms with E-state index >= 15 is 0 Å². The largest absolute Gasteiger partial charge is 0.508 e. The molecule has 1 aliphatic heterocycles. The zero-order chi connectivity index (χ0) is 25.9. The van der Waals surface area contributed by atoms with Gasteiger partial charge in [-0.05, 0) is 54.1 Å². The number of benzene rings is 3. The van der Waals surface area contributed by atoms with Crippen molar-refractivity contribution < 1.29 is 32.3 Å². The Balaban J connectivity index is 1.35. The maximum absolute atomic E-state index is 14.7. The number of halogens is 4. The van der Waals surface area contributed by atoms with E-state index in [0.29, 0.717) is 31.7 Å². The van der Waals surface area contributed by atoms with Gasteiger partial charge in [-0.2, -0.15) is 13.2 Å². The van der Waals surface area contributed by atoms with Gasteiger partial charge >= 0.3 is 6.18 Å². The lowest BCUT2D eigenvalue weighted by Crippen LogP contribution is -2.48. The summed E-state index contributed by atoms with van der Waals surface area (Å²) in [6, 6.07) is 16.7. The molecule has 10 heteroatoms. The quantitative estimate of drug-likeness (QED) is 0.507. The molecule has 0 spiro atoms. The summed E-state index contributed by atoms with van der Waals surface area (Å²) >= 11 is 0. The van der Waals surface area contributed by atoms with E-state index in [4.69, 9.17) is 0 Å². The highest BCUT2D eigenvalue weighted by Crippen LogP contribution is 2.27. The maximum atomic E-state index is 14.7. The highest BCUT2D eigenvalue weighted by atomic mass is 19.4. The Bertz CT molecular complexity index is 1250. The second-order valence-electron chi connectivity index (χ2n) is 8.37. The number of anilines is 1. The van der Waals surface area contributed by atoms with E-state index in [2.05, 4.69) is 0 Å². The third-order valence-corrected chi connectivity index (χ3v) is 5.88. The molecular formula is C26H23F4N3O3. The lowest BCUT2D eigenvalue weighted by atomic mass is 10.0. The van der Waals surface area contributed by atoms with E-state index in [1.54, 1.807) is 35.2 Å². The number of hydrogen-bond acceptors (Lipinski definition) is 4. The number of rotatable bonds is 5. The first-order chi connectivity index (χ1) is 17.1. The summed E-state index contributed by atoms with van der Waals surface area (Å²) in [7, 11) is 0. The normalized spacial score (nSPS) is 14.0. The molecule has 0 unspecified atom stereocenters. The Morgan fingerprint density at radius 2 is 1.56 bits per heavy atom. The van der Waals surface area contributed by atoms with Gasteiger partial charge in [-0.25, -0.2) is 4.39 Å². The van der Waals surface area contributed by atoms with E-state index in [0.717, 1.165) is 5.69 Å². The molecule has 0 aromatic heterocycles. The summed E-state index contributed by atoms with van der Waals surface area (Å²) in [4.78, 5) is 28.4. The molecule has 188 valence electrons. The Kier molecular flexibility index (Phi) is 7.14. The number of amides is 2. The van der Waals surface area contributed by atoms with E-state index in [1.807, 2.05) is 10.2 Å². The van der Waals surface area contributed by atoms with Crippen LogP contribution in [-0.4, -0.2) is 60.7 Å². The first-order valence-corrected chi connectivity index (χ1v) is 11.2. The number of carbonyl (C=O) groups is 2. The van der Waals surface area contributed by atoms with Gasteiger partial charge in [0.1, 0.15) is 18.1 Å². The van der Waals surface area contributed by atoms with E-state index in [9.17, 15) is 32.3 Å². The predicted octanol–water partition coefficient (Wildman–Crippen LogP) is 4.45. The van der Waals surface area contributed by atoms with Gasteiger partial charge in [0.25, 0.3) is 11.8 Å². The molecule has 1 heterocycles. The molecule has 1 fully saturated rings. The Labute approximate surface area is 204 Å². The molecule has 0 radical (unpaired) electrons. The van der Waals surface area contributed by atoms with Crippen LogP contribution in [0.25, 0.3) is 11.1 Å². The lowest BCUT2D eigenvalue weighted by Gasteiger charge is -2.36. The molecule has 0 bridgehead atoms. The van der Waals surface area contributed by atoms with Crippen molar-refractivity contribution in [3.8, 4) is 16.9 Å². The van der Waals surface area contributed by atoms with Crippen molar-refractivity contribution in [1.29, 1.82) is 0 Å². The van der Waals surface area contributed by atoms with Gasteiger partial charge in [0.05, 0.1) is 0 Å². The zero-order valence-corrected chi connectivity index (χ0v) is 19.1. The minimum Gasteiger partial charge on any atom is -0.508 e. The SMILES string of the molecule is O=C(NCC(F)(F)F)c1ccc(N2CCN(C(=O)c3ccc(-c4cccc(O)c4)c(F)c3)CC2)cc1. The highest BCUT2D eigenvalue weighted by molar-refractivity contribution is 5.95. The molecule has 0 aliphatic carbocycles. The minimum absolute atomic E-state index is 0.0179. The number of nitrogens with one attached hydrogen (secondary N) is 1. The van der Waals surface area contributed by atoms with Gasteiger partial charge in [-0.15, -0.1) is 0 Å². The van der Waals surface area contributed by atoms with Gasteiger partial charge in [0, 0.05) is 48.6 Å². The van der Waals surface area contributed by atoms with Crippen molar-refractivity contribution in [3.05, 3.63) is 83.7 Å². The number of phenolic OH excluding ortho intramolecular Hbond substituents is 1. The van der Waals surface area contributed by atoms with Gasteiger partial charge in [-0.1, -0.05) is 18.2 Å². The van der Waals surface area contributed by atoms with Gasteiger partial charge in [0.2, 0.25) is 0 Å². The molecule has 2 amide bonds. The molecule has 3 aromatic rings. The second-order valence-corrected chi connectivity index (χ2v) is 8.37. The fourth-order valence-corrected chi connectivity index (χ4v) is 4.01. The van der Waals surface area contributed by atoms with Crippen LogP contribution in [0.3, 0.4) is 0 Å². The van der Waals surface area contributed by atoms with Crippen LogP contribution in [0.5, 0.6) is 5.75 Å². The smallest absolute Gasteiger partial charge is 0.405 e. The van der Waals surface area contributed by atoms with Gasteiger partial charge in [-0.3, -0.25) is 9.59 Å². The number of carbonyl (C=O) groups excluding carboxylic acids is 2. The number of phenols is 1. The maximum Gasteiger partial charge on any atom is 0.405 e. The zero-order valence-electron chi connectivity index (χ0n) is 19.1. The molecule has 4 rings (SSSR count). The van der Waals surface area contributed by atoms with Crippen molar-refractivity contribution in [2.24, 2.45) is 0 Å². The van der Waals surface area contributed by atoms with Crippen LogP contribution in [0, 0.1) is 5.82 Å². The third-order valence-electron chi connectivity index (χ3n) is 5.88. The molecule has 2 N–H and O–H groups in total. The Morgan fingerprint density at radius 3 is 2.17 bits per heavy atom.